The third-order valence-electron chi connectivity index (χ3n) is 2.94. The van der Waals surface area contributed by atoms with Crippen molar-refractivity contribution >= 4 is 5.91 Å². The van der Waals surface area contributed by atoms with Crippen LogP contribution in [0.1, 0.15) is 32.6 Å². The van der Waals surface area contributed by atoms with Gasteiger partial charge in [-0.1, -0.05) is 13.3 Å². The minimum Gasteiger partial charge on any atom is -0.355 e. The molecule has 0 spiro atoms. The molecule has 0 aliphatic carbocycles. The van der Waals surface area contributed by atoms with Gasteiger partial charge in [-0.25, -0.2) is 0 Å². The first kappa shape index (κ1) is 13.5. The summed E-state index contributed by atoms with van der Waals surface area (Å²) in [6.07, 6.45) is 4.86. The second-order valence-electron chi connectivity index (χ2n) is 4.43. The minimum absolute atomic E-state index is 0.120. The van der Waals surface area contributed by atoms with E-state index in [2.05, 4.69) is 22.5 Å². The molecule has 1 aliphatic heterocycles. The fraction of sp³-hybridized carbons (Fsp3) is 0.917. The number of nitrogens with zero attached hydrogens (tertiary/aromatic N) is 1. The molecule has 0 radical (unpaired) electrons. The molecule has 0 bridgehead atoms. The second kappa shape index (κ2) is 8.53. The van der Waals surface area contributed by atoms with Gasteiger partial charge in [-0.05, 0) is 32.4 Å². The van der Waals surface area contributed by atoms with Gasteiger partial charge in [-0.3, -0.25) is 4.79 Å². The lowest BCUT2D eigenvalue weighted by molar-refractivity contribution is -0.120. The first-order valence-electron chi connectivity index (χ1n) is 6.52. The molecular formula is C12H25N3O. The Hall–Kier alpha value is -0.610. The summed E-state index contributed by atoms with van der Waals surface area (Å²) < 4.78 is 0. The number of likely N-dealkylation sites (tertiary alicyclic amines) is 1. The molecule has 0 aromatic heterocycles. The predicted molar refractivity (Wildman–Crippen MR) is 66.5 cm³/mol. The van der Waals surface area contributed by atoms with Crippen LogP contribution in [0.5, 0.6) is 0 Å². The number of carbonyl (C=O) groups is 1. The normalized spacial score (nSPS) is 16.6. The molecule has 0 atom stereocenters. The first-order valence-corrected chi connectivity index (χ1v) is 6.52. The minimum atomic E-state index is 0.120. The van der Waals surface area contributed by atoms with Crippen LogP contribution in [-0.2, 0) is 4.79 Å². The lowest BCUT2D eigenvalue weighted by atomic mass is 10.3. The highest BCUT2D eigenvalue weighted by Gasteiger charge is 2.10. The molecule has 1 heterocycles. The van der Waals surface area contributed by atoms with Crippen LogP contribution in [0.4, 0.5) is 0 Å². The van der Waals surface area contributed by atoms with E-state index in [9.17, 15) is 4.79 Å². The summed E-state index contributed by atoms with van der Waals surface area (Å²) >= 11 is 0. The van der Waals surface area contributed by atoms with Gasteiger partial charge >= 0.3 is 0 Å². The van der Waals surface area contributed by atoms with Gasteiger partial charge in [0.15, 0.2) is 0 Å². The average Bonchev–Trinajstić information content (AvgIpc) is 2.78. The van der Waals surface area contributed by atoms with Crippen LogP contribution in [-0.4, -0.2) is 50.1 Å². The smallest absolute Gasteiger partial charge is 0.233 e. The maximum Gasteiger partial charge on any atom is 0.233 e. The Morgan fingerprint density at radius 2 is 2.00 bits per heavy atom. The van der Waals surface area contributed by atoms with Crippen LogP contribution in [0.3, 0.4) is 0 Å². The van der Waals surface area contributed by atoms with E-state index in [4.69, 9.17) is 0 Å². The number of nitrogens with one attached hydrogen (secondary N) is 2. The Bertz CT molecular complexity index is 191. The molecule has 1 amide bonds. The van der Waals surface area contributed by atoms with Crippen molar-refractivity contribution in [2.24, 2.45) is 0 Å². The van der Waals surface area contributed by atoms with Crippen LogP contribution in [0.2, 0.25) is 0 Å². The lowest BCUT2D eigenvalue weighted by Gasteiger charge is -2.14. The zero-order valence-electron chi connectivity index (χ0n) is 10.4. The standard InChI is InChI=1S/C12H25N3O/c1-2-3-6-14-12(16)11-13-7-10-15-8-4-5-9-15/h13H,2-11H2,1H3,(H,14,16). The van der Waals surface area contributed by atoms with Crippen LogP contribution in [0, 0.1) is 0 Å². The number of unbranched alkanes of at least 4 members (excludes halogenated alkanes) is 1. The third-order valence-corrected chi connectivity index (χ3v) is 2.94. The molecule has 1 rings (SSSR count). The molecule has 0 unspecified atom stereocenters. The molecule has 1 fully saturated rings. The Morgan fingerprint density at radius 3 is 2.69 bits per heavy atom. The summed E-state index contributed by atoms with van der Waals surface area (Å²) in [6, 6.07) is 0. The highest BCUT2D eigenvalue weighted by Crippen LogP contribution is 2.05. The van der Waals surface area contributed by atoms with Gasteiger partial charge in [0.1, 0.15) is 0 Å². The van der Waals surface area contributed by atoms with Crippen molar-refractivity contribution in [3.63, 3.8) is 0 Å². The zero-order valence-corrected chi connectivity index (χ0v) is 10.4. The molecule has 4 heteroatoms. The summed E-state index contributed by atoms with van der Waals surface area (Å²) in [5.74, 6) is 0.120. The van der Waals surface area contributed by atoms with E-state index in [0.717, 1.165) is 32.5 Å². The van der Waals surface area contributed by atoms with Gasteiger partial charge in [-0.15, -0.1) is 0 Å². The van der Waals surface area contributed by atoms with Crippen molar-refractivity contribution in [1.82, 2.24) is 15.5 Å². The van der Waals surface area contributed by atoms with Crippen molar-refractivity contribution in [3.8, 4) is 0 Å². The van der Waals surface area contributed by atoms with Crippen LogP contribution in [0.15, 0.2) is 0 Å². The fourth-order valence-corrected chi connectivity index (χ4v) is 1.91. The predicted octanol–water partition coefficient (Wildman–Crippen LogP) is 0.588. The van der Waals surface area contributed by atoms with Gasteiger partial charge in [0.25, 0.3) is 0 Å². The van der Waals surface area contributed by atoms with Crippen molar-refractivity contribution in [2.75, 3.05) is 39.3 Å². The van der Waals surface area contributed by atoms with Crippen LogP contribution < -0.4 is 10.6 Å². The molecule has 94 valence electrons. The average molecular weight is 227 g/mol. The molecule has 16 heavy (non-hydrogen) atoms. The highest BCUT2D eigenvalue weighted by molar-refractivity contribution is 5.77. The third kappa shape index (κ3) is 6.08. The van der Waals surface area contributed by atoms with E-state index in [1.807, 2.05) is 0 Å². The van der Waals surface area contributed by atoms with Gasteiger partial charge in [-0.2, -0.15) is 0 Å². The number of hydrogen-bond acceptors (Lipinski definition) is 3. The van der Waals surface area contributed by atoms with Gasteiger partial charge in [0.05, 0.1) is 6.54 Å². The van der Waals surface area contributed by atoms with Crippen molar-refractivity contribution in [1.29, 1.82) is 0 Å². The van der Waals surface area contributed by atoms with Crippen LogP contribution in [0.25, 0.3) is 0 Å². The number of amides is 1. The SMILES string of the molecule is CCCCNC(=O)CNCCN1CCCC1. The quantitative estimate of drug-likeness (QED) is 0.597. The summed E-state index contributed by atoms with van der Waals surface area (Å²) in [4.78, 5) is 13.8. The molecule has 0 saturated carbocycles. The molecular weight excluding hydrogens is 202 g/mol. The Balaban J connectivity index is 1.87. The lowest BCUT2D eigenvalue weighted by Crippen LogP contribution is -2.37. The van der Waals surface area contributed by atoms with E-state index >= 15 is 0 Å². The fourth-order valence-electron chi connectivity index (χ4n) is 1.91. The van der Waals surface area contributed by atoms with E-state index in [-0.39, 0.29) is 5.91 Å². The summed E-state index contributed by atoms with van der Waals surface area (Å²) in [6.45, 7) is 7.83. The molecule has 1 aliphatic rings. The number of rotatable bonds is 8. The van der Waals surface area contributed by atoms with Crippen molar-refractivity contribution in [3.05, 3.63) is 0 Å². The summed E-state index contributed by atoms with van der Waals surface area (Å²) in [5, 5.41) is 6.08. The van der Waals surface area contributed by atoms with Crippen molar-refractivity contribution < 1.29 is 4.79 Å². The maximum absolute atomic E-state index is 11.3. The topological polar surface area (TPSA) is 44.4 Å². The number of hydrogen-bond donors (Lipinski definition) is 2. The summed E-state index contributed by atoms with van der Waals surface area (Å²) in [5.41, 5.74) is 0. The monoisotopic (exact) mass is 227 g/mol. The molecule has 0 aromatic carbocycles. The molecule has 0 aromatic rings. The second-order valence-corrected chi connectivity index (χ2v) is 4.43. The van der Waals surface area contributed by atoms with Gasteiger partial charge < -0.3 is 15.5 Å². The molecule has 2 N–H and O–H groups in total. The van der Waals surface area contributed by atoms with Crippen LogP contribution >= 0.6 is 0 Å². The van der Waals surface area contributed by atoms with E-state index in [1.54, 1.807) is 0 Å². The van der Waals surface area contributed by atoms with E-state index in [0.29, 0.717) is 6.54 Å². The van der Waals surface area contributed by atoms with Gasteiger partial charge in [0.2, 0.25) is 5.91 Å². The summed E-state index contributed by atoms with van der Waals surface area (Å²) in [7, 11) is 0. The van der Waals surface area contributed by atoms with E-state index < -0.39 is 0 Å². The van der Waals surface area contributed by atoms with E-state index in [1.165, 1.54) is 25.9 Å². The Labute approximate surface area is 98.8 Å². The zero-order chi connectivity index (χ0) is 11.6. The largest absolute Gasteiger partial charge is 0.355 e. The first-order chi connectivity index (χ1) is 7.83. The Morgan fingerprint density at radius 1 is 1.25 bits per heavy atom. The molecule has 4 nitrogen and oxygen atoms in total. The maximum atomic E-state index is 11.3. The van der Waals surface area contributed by atoms with Crippen molar-refractivity contribution in [2.45, 2.75) is 32.6 Å². The number of carbonyl (C=O) groups excluding carboxylic acids is 1. The highest BCUT2D eigenvalue weighted by atomic mass is 16.1. The molecule has 1 saturated heterocycles. The Kier molecular flexibility index (Phi) is 7.17. The van der Waals surface area contributed by atoms with Gasteiger partial charge in [0, 0.05) is 19.6 Å².